The third-order valence-electron chi connectivity index (χ3n) is 3.40. The summed E-state index contributed by atoms with van der Waals surface area (Å²) in [5, 5.41) is 2.75. The summed E-state index contributed by atoms with van der Waals surface area (Å²) in [5.41, 5.74) is 2.14. The number of alkyl halides is 1. The molecule has 1 aliphatic heterocycles. The first kappa shape index (κ1) is 13.2. The van der Waals surface area contributed by atoms with E-state index in [4.69, 9.17) is 16.3 Å². The summed E-state index contributed by atoms with van der Waals surface area (Å²) in [4.78, 5) is 6.78. The molecule has 1 saturated heterocycles. The highest BCUT2D eigenvalue weighted by Crippen LogP contribution is 2.30. The number of fused-ring (bicyclic) bond motifs is 1. The Bertz CT molecular complexity index is 593. The molecule has 100 valence electrons. The summed E-state index contributed by atoms with van der Waals surface area (Å²) in [6, 6.07) is 8.29. The number of nitrogens with zero attached hydrogens (tertiary/aromatic N) is 2. The fraction of sp³-hybridized carbons (Fsp3) is 0.357. The quantitative estimate of drug-likeness (QED) is 0.782. The summed E-state index contributed by atoms with van der Waals surface area (Å²) < 4.78 is 5.55. The molecule has 2 aromatic rings. The van der Waals surface area contributed by atoms with Crippen molar-refractivity contribution < 1.29 is 4.74 Å². The fourth-order valence-corrected chi connectivity index (χ4v) is 3.16. The molecule has 2 heterocycles. The van der Waals surface area contributed by atoms with Gasteiger partial charge in [-0.25, -0.2) is 0 Å². The van der Waals surface area contributed by atoms with Gasteiger partial charge in [0.25, 0.3) is 0 Å². The summed E-state index contributed by atoms with van der Waals surface area (Å²) in [6.45, 7) is 2.42. The van der Waals surface area contributed by atoms with E-state index in [0.29, 0.717) is 6.04 Å². The number of halogens is 2. The topological polar surface area (TPSA) is 25.4 Å². The van der Waals surface area contributed by atoms with Gasteiger partial charge in [0.1, 0.15) is 0 Å². The number of hydrogen-bond acceptors (Lipinski definition) is 3. The first-order valence-electron chi connectivity index (χ1n) is 6.24. The van der Waals surface area contributed by atoms with Crippen molar-refractivity contribution in [2.45, 2.75) is 6.04 Å². The van der Waals surface area contributed by atoms with Crippen LogP contribution in [0.2, 0.25) is 5.02 Å². The largest absolute Gasteiger partial charge is 0.377 e. The maximum atomic E-state index is 6.03. The molecule has 0 amide bonds. The van der Waals surface area contributed by atoms with Gasteiger partial charge < -0.3 is 9.64 Å². The molecule has 5 heteroatoms. The Labute approximate surface area is 125 Å². The van der Waals surface area contributed by atoms with Crippen LogP contribution in [-0.2, 0) is 4.74 Å². The molecule has 0 spiro atoms. The van der Waals surface area contributed by atoms with Gasteiger partial charge in [-0.05, 0) is 24.3 Å². The minimum absolute atomic E-state index is 0.357. The van der Waals surface area contributed by atoms with Crippen molar-refractivity contribution in [1.29, 1.82) is 0 Å². The Kier molecular flexibility index (Phi) is 3.91. The Morgan fingerprint density at radius 1 is 1.42 bits per heavy atom. The minimum atomic E-state index is 0.357. The van der Waals surface area contributed by atoms with Crippen LogP contribution < -0.4 is 4.90 Å². The number of rotatable bonds is 2. The third kappa shape index (κ3) is 2.57. The van der Waals surface area contributed by atoms with Crippen molar-refractivity contribution in [3.8, 4) is 0 Å². The molecule has 1 aromatic heterocycles. The Hall–Kier alpha value is -0.840. The average molecular weight is 342 g/mol. The van der Waals surface area contributed by atoms with Crippen LogP contribution in [0.15, 0.2) is 30.5 Å². The van der Waals surface area contributed by atoms with Gasteiger partial charge in [0, 0.05) is 34.2 Å². The SMILES string of the molecule is Clc1ccc2c(N3CCOCC3CBr)ccnc2c1. The van der Waals surface area contributed by atoms with Crippen molar-refractivity contribution in [1.82, 2.24) is 4.98 Å². The number of anilines is 1. The van der Waals surface area contributed by atoms with Gasteiger partial charge in [-0.2, -0.15) is 0 Å². The molecule has 0 bridgehead atoms. The van der Waals surface area contributed by atoms with Crippen LogP contribution in [0.5, 0.6) is 0 Å². The molecule has 3 rings (SSSR count). The summed E-state index contributed by atoms with van der Waals surface area (Å²) in [5.74, 6) is 0. The van der Waals surface area contributed by atoms with Gasteiger partial charge in [0.15, 0.2) is 0 Å². The number of aromatic nitrogens is 1. The Morgan fingerprint density at radius 3 is 3.16 bits per heavy atom. The lowest BCUT2D eigenvalue weighted by Gasteiger charge is -2.37. The second kappa shape index (κ2) is 5.65. The standard InChI is InChI=1S/C14H14BrClN2O/c15-8-11-9-19-6-5-18(11)14-3-4-17-13-7-10(16)1-2-12(13)14/h1-4,7,11H,5-6,8-9H2. The lowest BCUT2D eigenvalue weighted by Crippen LogP contribution is -2.46. The number of pyridine rings is 1. The Balaban J connectivity index is 2.08. The van der Waals surface area contributed by atoms with Crippen molar-refractivity contribution in [2.24, 2.45) is 0 Å². The van der Waals surface area contributed by atoms with Crippen LogP contribution in [-0.4, -0.2) is 36.1 Å². The molecule has 3 nitrogen and oxygen atoms in total. The maximum Gasteiger partial charge on any atom is 0.0737 e. The van der Waals surface area contributed by atoms with Gasteiger partial charge in [-0.15, -0.1) is 0 Å². The summed E-state index contributed by atoms with van der Waals surface area (Å²) >= 11 is 9.60. The van der Waals surface area contributed by atoms with Crippen LogP contribution in [0.1, 0.15) is 0 Å². The average Bonchev–Trinajstić information content (AvgIpc) is 2.46. The van der Waals surface area contributed by atoms with E-state index < -0.39 is 0 Å². The molecular weight excluding hydrogens is 328 g/mol. The zero-order chi connectivity index (χ0) is 13.2. The van der Waals surface area contributed by atoms with Gasteiger partial charge >= 0.3 is 0 Å². The van der Waals surface area contributed by atoms with E-state index in [9.17, 15) is 0 Å². The summed E-state index contributed by atoms with van der Waals surface area (Å²) in [7, 11) is 0. The van der Waals surface area contributed by atoms with E-state index in [1.165, 1.54) is 5.69 Å². The van der Waals surface area contributed by atoms with Crippen LogP contribution in [0.25, 0.3) is 10.9 Å². The van der Waals surface area contributed by atoms with Crippen molar-refractivity contribution in [3.05, 3.63) is 35.5 Å². The van der Waals surface area contributed by atoms with Crippen LogP contribution in [0, 0.1) is 0 Å². The second-order valence-electron chi connectivity index (χ2n) is 4.57. The van der Waals surface area contributed by atoms with E-state index >= 15 is 0 Å². The smallest absolute Gasteiger partial charge is 0.0737 e. The maximum absolute atomic E-state index is 6.03. The van der Waals surface area contributed by atoms with E-state index in [0.717, 1.165) is 41.0 Å². The Morgan fingerprint density at radius 2 is 2.32 bits per heavy atom. The molecule has 19 heavy (non-hydrogen) atoms. The monoisotopic (exact) mass is 340 g/mol. The highest BCUT2D eigenvalue weighted by molar-refractivity contribution is 9.09. The molecule has 1 fully saturated rings. The molecule has 1 aromatic carbocycles. The number of ether oxygens (including phenoxy) is 1. The molecular formula is C14H14BrClN2O. The van der Waals surface area contributed by atoms with Crippen molar-refractivity contribution in [3.63, 3.8) is 0 Å². The van der Waals surface area contributed by atoms with Crippen molar-refractivity contribution >= 4 is 44.1 Å². The summed E-state index contributed by atoms with van der Waals surface area (Å²) in [6.07, 6.45) is 1.84. The van der Waals surface area contributed by atoms with Crippen LogP contribution in [0.4, 0.5) is 5.69 Å². The van der Waals surface area contributed by atoms with E-state index in [2.05, 4.69) is 31.9 Å². The van der Waals surface area contributed by atoms with Crippen molar-refractivity contribution in [2.75, 3.05) is 30.0 Å². The zero-order valence-corrected chi connectivity index (χ0v) is 12.7. The molecule has 1 atom stereocenters. The lowest BCUT2D eigenvalue weighted by molar-refractivity contribution is 0.101. The molecule has 0 radical (unpaired) electrons. The highest BCUT2D eigenvalue weighted by Gasteiger charge is 2.23. The predicted molar refractivity (Wildman–Crippen MR) is 82.5 cm³/mol. The predicted octanol–water partition coefficient (Wildman–Crippen LogP) is 3.49. The number of hydrogen-bond donors (Lipinski definition) is 0. The van der Waals surface area contributed by atoms with E-state index in [1.54, 1.807) is 0 Å². The first-order chi connectivity index (χ1) is 9.29. The second-order valence-corrected chi connectivity index (χ2v) is 5.65. The number of morpholine rings is 1. The molecule has 0 saturated carbocycles. The van der Waals surface area contributed by atoms with Gasteiger partial charge in [0.05, 0.1) is 24.8 Å². The fourth-order valence-electron chi connectivity index (χ4n) is 2.46. The minimum Gasteiger partial charge on any atom is -0.377 e. The lowest BCUT2D eigenvalue weighted by atomic mass is 10.1. The molecule has 0 aliphatic carbocycles. The molecule has 1 aliphatic rings. The first-order valence-corrected chi connectivity index (χ1v) is 7.74. The molecule has 0 N–H and O–H groups in total. The molecule has 1 unspecified atom stereocenters. The normalized spacial score (nSPS) is 19.9. The van der Waals surface area contributed by atoms with Crippen LogP contribution in [0.3, 0.4) is 0 Å². The third-order valence-corrected chi connectivity index (χ3v) is 4.38. The highest BCUT2D eigenvalue weighted by atomic mass is 79.9. The number of benzene rings is 1. The van der Waals surface area contributed by atoms with Gasteiger partial charge in [-0.1, -0.05) is 27.5 Å². The van der Waals surface area contributed by atoms with Crippen LogP contribution >= 0.6 is 27.5 Å². The van der Waals surface area contributed by atoms with E-state index in [-0.39, 0.29) is 0 Å². The van der Waals surface area contributed by atoms with Gasteiger partial charge in [0.2, 0.25) is 0 Å². The van der Waals surface area contributed by atoms with Gasteiger partial charge in [-0.3, -0.25) is 4.98 Å². The zero-order valence-electron chi connectivity index (χ0n) is 10.4. The van der Waals surface area contributed by atoms with E-state index in [1.807, 2.05) is 24.4 Å².